The van der Waals surface area contributed by atoms with Crippen molar-refractivity contribution < 1.29 is 4.79 Å². The zero-order valence-electron chi connectivity index (χ0n) is 10.3. The van der Waals surface area contributed by atoms with E-state index in [0.29, 0.717) is 0 Å². The van der Waals surface area contributed by atoms with Gasteiger partial charge < -0.3 is 10.6 Å². The summed E-state index contributed by atoms with van der Waals surface area (Å²) in [6.45, 7) is 2.80. The molecule has 2 unspecified atom stereocenters. The number of benzene rings is 1. The molecule has 2 N–H and O–H groups in total. The Kier molecular flexibility index (Phi) is 2.84. The molecule has 2 atom stereocenters. The molecule has 1 saturated heterocycles. The average molecular weight is 260 g/mol. The molecule has 1 aromatic carbocycles. The van der Waals surface area contributed by atoms with Gasteiger partial charge in [-0.15, -0.1) is 11.3 Å². The Morgan fingerprint density at radius 3 is 2.89 bits per heavy atom. The molecule has 1 aromatic heterocycles. The highest BCUT2D eigenvalue weighted by molar-refractivity contribution is 7.20. The number of hydrogen-bond acceptors (Lipinski definition) is 3. The van der Waals surface area contributed by atoms with Crippen molar-refractivity contribution in [2.75, 3.05) is 6.54 Å². The molecule has 0 saturated carbocycles. The van der Waals surface area contributed by atoms with Crippen LogP contribution in [0.15, 0.2) is 30.3 Å². The SMILES string of the molecule is CC1C(N)CCN1C(=O)c1cc2ccccc2s1. The first-order valence-electron chi connectivity index (χ1n) is 6.22. The van der Waals surface area contributed by atoms with E-state index in [-0.39, 0.29) is 18.0 Å². The lowest BCUT2D eigenvalue weighted by Gasteiger charge is -2.22. The third-order valence-corrected chi connectivity index (χ3v) is 4.82. The molecular weight excluding hydrogens is 244 g/mol. The van der Waals surface area contributed by atoms with Crippen LogP contribution in [-0.4, -0.2) is 29.4 Å². The van der Waals surface area contributed by atoms with Gasteiger partial charge in [0.2, 0.25) is 0 Å². The standard InChI is InChI=1S/C14H16N2OS/c1-9-11(15)6-7-16(9)14(17)13-8-10-4-2-3-5-12(10)18-13/h2-5,8-9,11H,6-7,15H2,1H3. The second-order valence-electron chi connectivity index (χ2n) is 4.84. The molecule has 2 aromatic rings. The van der Waals surface area contributed by atoms with Gasteiger partial charge in [-0.05, 0) is 30.9 Å². The Balaban J connectivity index is 1.92. The number of nitrogens with zero attached hydrogens (tertiary/aromatic N) is 1. The summed E-state index contributed by atoms with van der Waals surface area (Å²) < 4.78 is 1.16. The number of rotatable bonds is 1. The van der Waals surface area contributed by atoms with Gasteiger partial charge in [0, 0.05) is 23.3 Å². The maximum absolute atomic E-state index is 12.5. The summed E-state index contributed by atoms with van der Waals surface area (Å²) in [4.78, 5) is 15.2. The second-order valence-corrected chi connectivity index (χ2v) is 5.92. The largest absolute Gasteiger partial charge is 0.334 e. The quantitative estimate of drug-likeness (QED) is 0.856. The summed E-state index contributed by atoms with van der Waals surface area (Å²) in [5.74, 6) is 0.122. The van der Waals surface area contributed by atoms with Crippen LogP contribution in [0, 0.1) is 0 Å². The summed E-state index contributed by atoms with van der Waals surface area (Å²) in [6, 6.07) is 10.3. The molecule has 4 heteroatoms. The van der Waals surface area contributed by atoms with Gasteiger partial charge in [0.05, 0.1) is 4.88 Å². The Bertz CT molecular complexity index is 559. The highest BCUT2D eigenvalue weighted by atomic mass is 32.1. The lowest BCUT2D eigenvalue weighted by molar-refractivity contribution is 0.0747. The molecule has 3 nitrogen and oxygen atoms in total. The molecule has 1 aliphatic rings. The lowest BCUT2D eigenvalue weighted by Crippen LogP contribution is -2.40. The van der Waals surface area contributed by atoms with Crippen LogP contribution in [-0.2, 0) is 0 Å². The summed E-state index contributed by atoms with van der Waals surface area (Å²) in [5, 5.41) is 1.14. The second kappa shape index (κ2) is 4.37. The number of thiophene rings is 1. The van der Waals surface area contributed by atoms with Crippen LogP contribution in [0.25, 0.3) is 10.1 Å². The van der Waals surface area contributed by atoms with E-state index in [4.69, 9.17) is 5.73 Å². The van der Waals surface area contributed by atoms with E-state index in [2.05, 4.69) is 6.07 Å². The van der Waals surface area contributed by atoms with Crippen molar-refractivity contribution in [2.45, 2.75) is 25.4 Å². The van der Waals surface area contributed by atoms with Crippen LogP contribution >= 0.6 is 11.3 Å². The van der Waals surface area contributed by atoms with E-state index in [1.54, 1.807) is 11.3 Å². The molecule has 3 rings (SSSR count). The van der Waals surface area contributed by atoms with Crippen molar-refractivity contribution in [1.82, 2.24) is 4.90 Å². The van der Waals surface area contributed by atoms with Gasteiger partial charge in [0.25, 0.3) is 5.91 Å². The molecule has 94 valence electrons. The van der Waals surface area contributed by atoms with Crippen molar-refractivity contribution >= 4 is 27.3 Å². The maximum Gasteiger partial charge on any atom is 0.264 e. The summed E-state index contributed by atoms with van der Waals surface area (Å²) >= 11 is 1.56. The number of fused-ring (bicyclic) bond motifs is 1. The van der Waals surface area contributed by atoms with E-state index in [1.165, 1.54) is 0 Å². The number of nitrogens with two attached hydrogens (primary N) is 1. The van der Waals surface area contributed by atoms with Crippen molar-refractivity contribution in [2.24, 2.45) is 5.73 Å². The zero-order chi connectivity index (χ0) is 12.7. The van der Waals surface area contributed by atoms with Gasteiger partial charge in [-0.3, -0.25) is 4.79 Å². The van der Waals surface area contributed by atoms with Gasteiger partial charge in [-0.25, -0.2) is 0 Å². The Morgan fingerprint density at radius 1 is 1.44 bits per heavy atom. The fraction of sp³-hybridized carbons (Fsp3) is 0.357. The monoisotopic (exact) mass is 260 g/mol. The highest BCUT2D eigenvalue weighted by Gasteiger charge is 2.32. The van der Waals surface area contributed by atoms with Crippen LogP contribution in [0.5, 0.6) is 0 Å². The van der Waals surface area contributed by atoms with Gasteiger partial charge in [0.15, 0.2) is 0 Å². The van der Waals surface area contributed by atoms with Crippen LogP contribution < -0.4 is 5.73 Å². The predicted octanol–water partition coefficient (Wildman–Crippen LogP) is 2.46. The third-order valence-electron chi connectivity index (χ3n) is 3.71. The number of hydrogen-bond donors (Lipinski definition) is 1. The fourth-order valence-electron chi connectivity index (χ4n) is 2.48. The van der Waals surface area contributed by atoms with E-state index < -0.39 is 0 Å². The average Bonchev–Trinajstić information content (AvgIpc) is 2.94. The topological polar surface area (TPSA) is 46.3 Å². The van der Waals surface area contributed by atoms with Crippen molar-refractivity contribution in [3.63, 3.8) is 0 Å². The molecule has 1 amide bonds. The fourth-order valence-corrected chi connectivity index (χ4v) is 3.50. The van der Waals surface area contributed by atoms with Crippen LogP contribution in [0.1, 0.15) is 23.0 Å². The Morgan fingerprint density at radius 2 is 2.22 bits per heavy atom. The first-order chi connectivity index (χ1) is 8.66. The minimum Gasteiger partial charge on any atom is -0.334 e. The van der Waals surface area contributed by atoms with Crippen LogP contribution in [0.2, 0.25) is 0 Å². The Labute approximate surface area is 110 Å². The number of amides is 1. The van der Waals surface area contributed by atoms with E-state index in [9.17, 15) is 4.79 Å². The van der Waals surface area contributed by atoms with Gasteiger partial charge >= 0.3 is 0 Å². The van der Waals surface area contributed by atoms with E-state index in [1.807, 2.05) is 36.1 Å². The molecule has 1 aliphatic heterocycles. The van der Waals surface area contributed by atoms with Crippen molar-refractivity contribution in [3.05, 3.63) is 35.2 Å². The van der Waals surface area contributed by atoms with Gasteiger partial charge in [0.1, 0.15) is 0 Å². The number of carbonyl (C=O) groups is 1. The van der Waals surface area contributed by atoms with E-state index >= 15 is 0 Å². The summed E-state index contributed by atoms with van der Waals surface area (Å²) in [6.07, 6.45) is 0.901. The molecule has 0 bridgehead atoms. The smallest absolute Gasteiger partial charge is 0.264 e. The third kappa shape index (κ3) is 1.82. The van der Waals surface area contributed by atoms with Crippen molar-refractivity contribution in [3.8, 4) is 0 Å². The number of likely N-dealkylation sites (tertiary alicyclic amines) is 1. The molecule has 18 heavy (non-hydrogen) atoms. The van der Waals surface area contributed by atoms with Crippen LogP contribution in [0.4, 0.5) is 0 Å². The molecule has 2 heterocycles. The lowest BCUT2D eigenvalue weighted by atomic mass is 10.1. The summed E-state index contributed by atoms with van der Waals surface area (Å²) in [7, 11) is 0. The molecular formula is C14H16N2OS. The van der Waals surface area contributed by atoms with Gasteiger partial charge in [-0.1, -0.05) is 18.2 Å². The van der Waals surface area contributed by atoms with Gasteiger partial charge in [-0.2, -0.15) is 0 Å². The minimum absolute atomic E-state index is 0.114. The first kappa shape index (κ1) is 11.7. The first-order valence-corrected chi connectivity index (χ1v) is 7.03. The van der Waals surface area contributed by atoms with Crippen molar-refractivity contribution in [1.29, 1.82) is 0 Å². The molecule has 0 aliphatic carbocycles. The number of carbonyl (C=O) groups excluding carboxylic acids is 1. The minimum atomic E-state index is 0.114. The van der Waals surface area contributed by atoms with E-state index in [0.717, 1.165) is 27.9 Å². The molecule has 0 radical (unpaired) electrons. The predicted molar refractivity (Wildman–Crippen MR) is 74.9 cm³/mol. The van der Waals surface area contributed by atoms with Crippen LogP contribution in [0.3, 0.4) is 0 Å². The zero-order valence-corrected chi connectivity index (χ0v) is 11.1. The molecule has 1 fully saturated rings. The molecule has 0 spiro atoms. The highest BCUT2D eigenvalue weighted by Crippen LogP contribution is 2.28. The summed E-state index contributed by atoms with van der Waals surface area (Å²) in [5.41, 5.74) is 5.97. The Hall–Kier alpha value is -1.39. The normalized spacial score (nSPS) is 23.8. The maximum atomic E-state index is 12.5.